The van der Waals surface area contributed by atoms with Crippen molar-refractivity contribution in [2.24, 2.45) is 0 Å². The average Bonchev–Trinajstić information content (AvgIpc) is 2.46. The summed E-state index contributed by atoms with van der Waals surface area (Å²) in [7, 11) is -3.44. The van der Waals surface area contributed by atoms with E-state index >= 15 is 0 Å². The fourth-order valence-corrected chi connectivity index (χ4v) is 3.07. The molecule has 0 saturated heterocycles. The first kappa shape index (κ1) is 15.1. The molecule has 0 aromatic heterocycles. The van der Waals surface area contributed by atoms with Gasteiger partial charge in [0.25, 0.3) is 0 Å². The summed E-state index contributed by atoms with van der Waals surface area (Å²) in [4.78, 5) is 12.0. The van der Waals surface area contributed by atoms with Crippen LogP contribution in [0.25, 0.3) is 0 Å². The van der Waals surface area contributed by atoms with Crippen molar-refractivity contribution in [2.75, 3.05) is 16.8 Å². The highest BCUT2D eigenvalue weighted by atomic mass is 32.2. The number of carbonyl (C=O) groups excluding carboxylic acids is 1. The summed E-state index contributed by atoms with van der Waals surface area (Å²) in [6.45, 7) is 0. The van der Waals surface area contributed by atoms with Gasteiger partial charge in [-0.2, -0.15) is 0 Å². The van der Waals surface area contributed by atoms with E-state index < -0.39 is 9.84 Å². The maximum Gasteiger partial charge on any atom is 0.225 e. The molecule has 0 aliphatic heterocycles. The van der Waals surface area contributed by atoms with E-state index in [1.807, 2.05) is 0 Å². The van der Waals surface area contributed by atoms with Gasteiger partial charge >= 0.3 is 0 Å². The van der Waals surface area contributed by atoms with Crippen LogP contribution in [0.1, 0.15) is 6.42 Å². The van der Waals surface area contributed by atoms with E-state index in [4.69, 9.17) is 5.73 Å². The van der Waals surface area contributed by atoms with E-state index in [1.54, 1.807) is 42.5 Å². The molecular formula is C15H16N2O3S. The Balaban J connectivity index is 1.95. The van der Waals surface area contributed by atoms with E-state index in [0.29, 0.717) is 11.4 Å². The Morgan fingerprint density at radius 1 is 1.05 bits per heavy atom. The number of hydrogen-bond donors (Lipinski definition) is 2. The molecule has 0 radical (unpaired) electrons. The molecule has 0 heterocycles. The van der Waals surface area contributed by atoms with Crippen molar-refractivity contribution in [3.8, 4) is 0 Å². The van der Waals surface area contributed by atoms with Gasteiger partial charge in [0.1, 0.15) is 0 Å². The molecule has 2 aromatic rings. The number of carbonyl (C=O) groups is 1. The maximum absolute atomic E-state index is 12.0. The molecule has 6 heteroatoms. The Kier molecular flexibility index (Phi) is 4.59. The third-order valence-electron chi connectivity index (χ3n) is 2.87. The molecule has 2 aromatic carbocycles. The van der Waals surface area contributed by atoms with Crippen molar-refractivity contribution in [3.05, 3.63) is 54.6 Å². The maximum atomic E-state index is 12.0. The molecule has 0 unspecified atom stereocenters. The monoisotopic (exact) mass is 304 g/mol. The third-order valence-corrected chi connectivity index (χ3v) is 4.60. The SMILES string of the molecule is Nc1cccc(NC(=O)CCS(=O)(=O)c2ccccc2)c1. The van der Waals surface area contributed by atoms with Crippen molar-refractivity contribution < 1.29 is 13.2 Å². The van der Waals surface area contributed by atoms with Crippen LogP contribution < -0.4 is 11.1 Å². The van der Waals surface area contributed by atoms with Crippen molar-refractivity contribution in [1.82, 2.24) is 0 Å². The predicted octanol–water partition coefficient (Wildman–Crippen LogP) is 2.07. The highest BCUT2D eigenvalue weighted by Gasteiger charge is 2.16. The number of amides is 1. The molecule has 0 fully saturated rings. The Labute approximate surface area is 123 Å². The predicted molar refractivity (Wildman–Crippen MR) is 82.6 cm³/mol. The normalized spacial score (nSPS) is 11.0. The zero-order valence-electron chi connectivity index (χ0n) is 11.3. The number of rotatable bonds is 5. The van der Waals surface area contributed by atoms with Crippen LogP contribution in [0, 0.1) is 0 Å². The van der Waals surface area contributed by atoms with Gasteiger partial charge in [0.15, 0.2) is 9.84 Å². The highest BCUT2D eigenvalue weighted by molar-refractivity contribution is 7.91. The van der Waals surface area contributed by atoms with Gasteiger partial charge in [-0.15, -0.1) is 0 Å². The van der Waals surface area contributed by atoms with Gasteiger partial charge in [0.05, 0.1) is 10.6 Å². The second kappa shape index (κ2) is 6.41. The lowest BCUT2D eigenvalue weighted by Crippen LogP contribution is -2.17. The van der Waals surface area contributed by atoms with Gasteiger partial charge in [-0.25, -0.2) is 8.42 Å². The van der Waals surface area contributed by atoms with Crippen LogP contribution in [0.15, 0.2) is 59.5 Å². The molecular weight excluding hydrogens is 288 g/mol. The number of nitrogens with one attached hydrogen (secondary N) is 1. The van der Waals surface area contributed by atoms with Crippen LogP contribution in [0.4, 0.5) is 11.4 Å². The number of anilines is 2. The van der Waals surface area contributed by atoms with Crippen LogP contribution in [0.5, 0.6) is 0 Å². The van der Waals surface area contributed by atoms with E-state index in [0.717, 1.165) is 0 Å². The minimum Gasteiger partial charge on any atom is -0.399 e. The van der Waals surface area contributed by atoms with Gasteiger partial charge < -0.3 is 11.1 Å². The molecule has 21 heavy (non-hydrogen) atoms. The Bertz CT molecular complexity index is 728. The number of sulfone groups is 1. The smallest absolute Gasteiger partial charge is 0.225 e. The Morgan fingerprint density at radius 3 is 2.43 bits per heavy atom. The molecule has 0 spiro atoms. The lowest BCUT2D eigenvalue weighted by atomic mass is 10.3. The molecule has 0 bridgehead atoms. The highest BCUT2D eigenvalue weighted by Crippen LogP contribution is 2.14. The Morgan fingerprint density at radius 2 is 1.76 bits per heavy atom. The van der Waals surface area contributed by atoms with Crippen molar-refractivity contribution in [1.29, 1.82) is 0 Å². The Hall–Kier alpha value is -2.34. The van der Waals surface area contributed by atoms with Gasteiger partial charge in [-0.05, 0) is 30.3 Å². The first-order chi connectivity index (χ1) is 9.97. The van der Waals surface area contributed by atoms with Gasteiger partial charge in [0.2, 0.25) is 5.91 Å². The van der Waals surface area contributed by atoms with E-state index in [9.17, 15) is 13.2 Å². The van der Waals surface area contributed by atoms with Gasteiger partial charge in [-0.1, -0.05) is 24.3 Å². The second-order valence-electron chi connectivity index (χ2n) is 4.56. The fourth-order valence-electron chi connectivity index (χ4n) is 1.81. The molecule has 110 valence electrons. The topological polar surface area (TPSA) is 89.3 Å². The zero-order valence-corrected chi connectivity index (χ0v) is 12.1. The summed E-state index contributed by atoms with van der Waals surface area (Å²) in [6.07, 6.45) is -0.105. The van der Waals surface area contributed by atoms with Crippen molar-refractivity contribution in [2.45, 2.75) is 11.3 Å². The minimum absolute atomic E-state index is 0.105. The zero-order chi connectivity index (χ0) is 15.3. The molecule has 0 atom stereocenters. The molecule has 3 N–H and O–H groups in total. The third kappa shape index (κ3) is 4.32. The summed E-state index contributed by atoms with van der Waals surface area (Å²) in [6, 6.07) is 14.8. The molecule has 2 rings (SSSR count). The number of benzene rings is 2. The first-order valence-corrected chi connectivity index (χ1v) is 8.06. The summed E-state index contributed by atoms with van der Waals surface area (Å²) >= 11 is 0. The fraction of sp³-hybridized carbons (Fsp3) is 0.133. The van der Waals surface area contributed by atoms with Gasteiger partial charge in [0, 0.05) is 17.8 Å². The number of nitrogens with two attached hydrogens (primary N) is 1. The van der Waals surface area contributed by atoms with Gasteiger partial charge in [-0.3, -0.25) is 4.79 Å². The van der Waals surface area contributed by atoms with Crippen LogP contribution in [-0.4, -0.2) is 20.1 Å². The van der Waals surface area contributed by atoms with Crippen LogP contribution >= 0.6 is 0 Å². The molecule has 1 amide bonds. The molecule has 0 aliphatic rings. The van der Waals surface area contributed by atoms with Crippen molar-refractivity contribution >= 4 is 27.1 Å². The number of hydrogen-bond acceptors (Lipinski definition) is 4. The van der Waals surface area contributed by atoms with Crippen molar-refractivity contribution in [3.63, 3.8) is 0 Å². The molecule has 5 nitrogen and oxygen atoms in total. The quantitative estimate of drug-likeness (QED) is 0.828. The second-order valence-corrected chi connectivity index (χ2v) is 6.66. The number of nitrogen functional groups attached to an aromatic ring is 1. The average molecular weight is 304 g/mol. The summed E-state index contributed by atoms with van der Waals surface area (Å²) < 4.78 is 24.1. The standard InChI is InChI=1S/C15H16N2O3S/c16-12-5-4-6-13(11-12)17-15(18)9-10-21(19,20)14-7-2-1-3-8-14/h1-8,11H,9-10,16H2,(H,17,18). The summed E-state index contributed by atoms with van der Waals surface area (Å²) in [5, 5.41) is 2.62. The van der Waals surface area contributed by atoms with Crippen LogP contribution in [-0.2, 0) is 14.6 Å². The van der Waals surface area contributed by atoms with E-state index in [1.165, 1.54) is 12.1 Å². The van der Waals surface area contributed by atoms with E-state index in [-0.39, 0.29) is 23.0 Å². The first-order valence-electron chi connectivity index (χ1n) is 6.40. The molecule has 0 aliphatic carbocycles. The summed E-state index contributed by atoms with van der Waals surface area (Å²) in [5.74, 6) is -0.592. The lowest BCUT2D eigenvalue weighted by molar-refractivity contribution is -0.115. The van der Waals surface area contributed by atoms with Crippen LogP contribution in [0.3, 0.4) is 0 Å². The minimum atomic E-state index is -3.44. The lowest BCUT2D eigenvalue weighted by Gasteiger charge is -2.07. The van der Waals surface area contributed by atoms with Crippen LogP contribution in [0.2, 0.25) is 0 Å². The largest absolute Gasteiger partial charge is 0.399 e. The summed E-state index contributed by atoms with van der Waals surface area (Å²) in [5.41, 5.74) is 6.69. The molecule has 0 saturated carbocycles. The van der Waals surface area contributed by atoms with E-state index in [2.05, 4.69) is 5.32 Å².